The monoisotopic (exact) mass is 373 g/mol. The van der Waals surface area contributed by atoms with Crippen LogP contribution in [0.5, 0.6) is 0 Å². The second-order valence-electron chi connectivity index (χ2n) is 7.20. The summed E-state index contributed by atoms with van der Waals surface area (Å²) in [5.74, 6) is -0.926. The summed E-state index contributed by atoms with van der Waals surface area (Å²) in [6.07, 6.45) is 2.40. The molecule has 1 aliphatic heterocycles. The Labute approximate surface area is 158 Å². The number of piperidine rings is 1. The van der Waals surface area contributed by atoms with Crippen molar-refractivity contribution >= 4 is 23.0 Å². The first-order valence-electron chi connectivity index (χ1n) is 9.30. The van der Waals surface area contributed by atoms with Crippen molar-refractivity contribution in [3.05, 3.63) is 54.1 Å². The van der Waals surface area contributed by atoms with Gasteiger partial charge in [-0.3, -0.25) is 4.79 Å². The van der Waals surface area contributed by atoms with Crippen LogP contribution in [0.3, 0.4) is 0 Å². The summed E-state index contributed by atoms with van der Waals surface area (Å²) in [6.45, 7) is 6.08. The molecule has 1 atom stereocenters. The van der Waals surface area contributed by atoms with Crippen molar-refractivity contribution in [1.29, 1.82) is 0 Å². The maximum absolute atomic E-state index is 13.7. The number of nitrogens with zero attached hydrogens (tertiary/aromatic N) is 1. The third-order valence-corrected chi connectivity index (χ3v) is 4.98. The first kappa shape index (κ1) is 19.1. The molecule has 1 heterocycles. The van der Waals surface area contributed by atoms with Crippen LogP contribution in [0, 0.1) is 17.6 Å². The van der Waals surface area contributed by atoms with Gasteiger partial charge in [-0.1, -0.05) is 6.92 Å². The highest BCUT2D eigenvalue weighted by molar-refractivity contribution is 5.96. The van der Waals surface area contributed by atoms with Gasteiger partial charge in [-0.05, 0) is 62.1 Å². The maximum Gasteiger partial charge on any atom is 0.246 e. The number of carbonyl (C=O) groups is 1. The first-order valence-corrected chi connectivity index (χ1v) is 9.30. The third-order valence-electron chi connectivity index (χ3n) is 4.98. The number of nitrogens with one attached hydrogen (secondary N) is 2. The predicted octanol–water partition coefficient (Wildman–Crippen LogP) is 4.64. The molecule has 2 aromatic carbocycles. The van der Waals surface area contributed by atoms with Crippen LogP contribution in [0.2, 0.25) is 0 Å². The molecule has 1 aliphatic rings. The van der Waals surface area contributed by atoms with Crippen LogP contribution in [0.15, 0.2) is 42.5 Å². The molecule has 0 aliphatic carbocycles. The Balaban J connectivity index is 1.57. The number of benzene rings is 2. The van der Waals surface area contributed by atoms with Crippen LogP contribution >= 0.6 is 0 Å². The number of carbonyl (C=O) groups excluding carboxylic acids is 1. The number of halogens is 2. The van der Waals surface area contributed by atoms with E-state index in [0.29, 0.717) is 0 Å². The number of anilines is 3. The zero-order chi connectivity index (χ0) is 19.4. The molecule has 0 radical (unpaired) electrons. The Kier molecular flexibility index (Phi) is 5.94. The standard InChI is InChI=1S/C21H25F2N3O/c1-14-9-11-26(12-10-14)18-6-4-17(5-7-18)24-15(2)21(27)25-20-13-16(22)3-8-19(20)23/h3-8,13-15,24H,9-12H2,1-2H3,(H,25,27)/t15-/m0/s1. The normalized spacial score (nSPS) is 16.1. The number of hydrogen-bond donors (Lipinski definition) is 2. The third kappa shape index (κ3) is 4.96. The highest BCUT2D eigenvalue weighted by atomic mass is 19.1. The van der Waals surface area contributed by atoms with Gasteiger partial charge in [0.15, 0.2) is 0 Å². The predicted molar refractivity (Wildman–Crippen MR) is 105 cm³/mol. The molecule has 4 nitrogen and oxygen atoms in total. The van der Waals surface area contributed by atoms with E-state index in [1.807, 2.05) is 24.3 Å². The van der Waals surface area contributed by atoms with E-state index in [0.717, 1.165) is 42.9 Å². The summed E-state index contributed by atoms with van der Waals surface area (Å²) >= 11 is 0. The Morgan fingerprint density at radius 3 is 2.44 bits per heavy atom. The Hall–Kier alpha value is -2.63. The number of hydrogen-bond acceptors (Lipinski definition) is 3. The minimum atomic E-state index is -0.669. The van der Waals surface area contributed by atoms with E-state index in [4.69, 9.17) is 0 Å². The summed E-state index contributed by atoms with van der Waals surface area (Å²) in [5, 5.41) is 5.50. The molecule has 27 heavy (non-hydrogen) atoms. The van der Waals surface area contributed by atoms with E-state index >= 15 is 0 Å². The van der Waals surface area contributed by atoms with Crippen LogP contribution in [-0.2, 0) is 4.79 Å². The van der Waals surface area contributed by atoms with E-state index in [1.165, 1.54) is 18.5 Å². The van der Waals surface area contributed by atoms with Crippen LogP contribution in [0.1, 0.15) is 26.7 Å². The molecule has 0 unspecified atom stereocenters. The highest BCUT2D eigenvalue weighted by Gasteiger charge is 2.17. The van der Waals surface area contributed by atoms with E-state index in [-0.39, 0.29) is 5.69 Å². The van der Waals surface area contributed by atoms with Gasteiger partial charge in [0.2, 0.25) is 5.91 Å². The second kappa shape index (κ2) is 8.37. The fourth-order valence-electron chi connectivity index (χ4n) is 3.19. The van der Waals surface area contributed by atoms with E-state index < -0.39 is 23.6 Å². The van der Waals surface area contributed by atoms with Gasteiger partial charge < -0.3 is 15.5 Å². The molecule has 2 N–H and O–H groups in total. The molecule has 2 aromatic rings. The van der Waals surface area contributed by atoms with Gasteiger partial charge in [-0.25, -0.2) is 8.78 Å². The molecular formula is C21H25F2N3O. The average molecular weight is 373 g/mol. The topological polar surface area (TPSA) is 44.4 Å². The lowest BCUT2D eigenvalue weighted by molar-refractivity contribution is -0.116. The molecule has 6 heteroatoms. The molecule has 0 saturated carbocycles. The quantitative estimate of drug-likeness (QED) is 0.802. The average Bonchev–Trinajstić information content (AvgIpc) is 2.66. The van der Waals surface area contributed by atoms with Gasteiger partial charge in [0.05, 0.1) is 5.69 Å². The Bertz CT molecular complexity index is 787. The Morgan fingerprint density at radius 2 is 1.78 bits per heavy atom. The molecule has 1 fully saturated rings. The lowest BCUT2D eigenvalue weighted by atomic mass is 9.99. The SMILES string of the molecule is CC1CCN(c2ccc(N[C@@H](C)C(=O)Nc3cc(F)ccc3F)cc2)CC1. The summed E-state index contributed by atoms with van der Waals surface area (Å²) < 4.78 is 26.9. The summed E-state index contributed by atoms with van der Waals surface area (Å²) in [5.41, 5.74) is 1.81. The van der Waals surface area contributed by atoms with Gasteiger partial charge in [0.25, 0.3) is 0 Å². The van der Waals surface area contributed by atoms with Gasteiger partial charge in [-0.15, -0.1) is 0 Å². The van der Waals surface area contributed by atoms with Crippen molar-refractivity contribution in [2.75, 3.05) is 28.6 Å². The first-order chi connectivity index (χ1) is 12.9. The van der Waals surface area contributed by atoms with Gasteiger partial charge in [-0.2, -0.15) is 0 Å². The van der Waals surface area contributed by atoms with Crippen molar-refractivity contribution in [2.45, 2.75) is 32.7 Å². The summed E-state index contributed by atoms with van der Waals surface area (Å²) in [6, 6.07) is 10.3. The number of rotatable bonds is 5. The van der Waals surface area contributed by atoms with Crippen molar-refractivity contribution in [3.63, 3.8) is 0 Å². The van der Waals surface area contributed by atoms with Crippen molar-refractivity contribution in [3.8, 4) is 0 Å². The fraction of sp³-hybridized carbons (Fsp3) is 0.381. The number of amides is 1. The van der Waals surface area contributed by atoms with E-state index in [1.54, 1.807) is 6.92 Å². The van der Waals surface area contributed by atoms with Crippen LogP contribution in [0.25, 0.3) is 0 Å². The van der Waals surface area contributed by atoms with Crippen LogP contribution in [0.4, 0.5) is 25.8 Å². The van der Waals surface area contributed by atoms with Crippen molar-refractivity contribution < 1.29 is 13.6 Å². The molecule has 3 rings (SSSR count). The van der Waals surface area contributed by atoms with Gasteiger partial charge >= 0.3 is 0 Å². The van der Waals surface area contributed by atoms with Crippen molar-refractivity contribution in [1.82, 2.24) is 0 Å². The van der Waals surface area contributed by atoms with E-state index in [9.17, 15) is 13.6 Å². The summed E-state index contributed by atoms with van der Waals surface area (Å²) in [7, 11) is 0. The molecule has 1 saturated heterocycles. The largest absolute Gasteiger partial charge is 0.374 e. The van der Waals surface area contributed by atoms with E-state index in [2.05, 4.69) is 22.5 Å². The second-order valence-corrected chi connectivity index (χ2v) is 7.20. The lowest BCUT2D eigenvalue weighted by Gasteiger charge is -2.32. The lowest BCUT2D eigenvalue weighted by Crippen LogP contribution is -2.33. The zero-order valence-corrected chi connectivity index (χ0v) is 15.6. The molecule has 0 spiro atoms. The van der Waals surface area contributed by atoms with Crippen molar-refractivity contribution in [2.24, 2.45) is 5.92 Å². The molecule has 144 valence electrons. The van der Waals surface area contributed by atoms with Crippen LogP contribution < -0.4 is 15.5 Å². The zero-order valence-electron chi connectivity index (χ0n) is 15.6. The maximum atomic E-state index is 13.7. The molecule has 1 amide bonds. The summed E-state index contributed by atoms with van der Waals surface area (Å²) in [4.78, 5) is 14.6. The molecule has 0 bridgehead atoms. The minimum Gasteiger partial charge on any atom is -0.374 e. The molecule has 0 aromatic heterocycles. The van der Waals surface area contributed by atoms with Gasteiger partial charge in [0.1, 0.15) is 17.7 Å². The Morgan fingerprint density at radius 1 is 1.11 bits per heavy atom. The highest BCUT2D eigenvalue weighted by Crippen LogP contribution is 2.24. The van der Waals surface area contributed by atoms with Gasteiger partial charge in [0, 0.05) is 30.5 Å². The van der Waals surface area contributed by atoms with Crippen LogP contribution in [-0.4, -0.2) is 25.0 Å². The minimum absolute atomic E-state index is 0.164. The molecular weight excluding hydrogens is 348 g/mol. The fourth-order valence-corrected chi connectivity index (χ4v) is 3.19. The smallest absolute Gasteiger partial charge is 0.246 e.